The molecule has 0 saturated carbocycles. The number of hydrogen-bond donors (Lipinski definition) is 0. The molecule has 24 heavy (non-hydrogen) atoms. The molecule has 0 saturated heterocycles. The lowest BCUT2D eigenvalue weighted by atomic mass is 10.0. The first-order chi connectivity index (χ1) is 11.8. The first-order valence-electron chi connectivity index (χ1n) is 7.53. The fourth-order valence-corrected chi connectivity index (χ4v) is 3.86. The standard InChI is InChI=1S/C20H14O3S/c1-22-19(21)11-10-13-12-16-14-6-2-4-8-17(14)23-18-9-5-3-7-15(18)20(16)24-13/h2-12H,1H3. The van der Waals surface area contributed by atoms with Gasteiger partial charge in [-0.15, -0.1) is 11.3 Å². The number of fused-ring (bicyclic) bond motifs is 5. The zero-order valence-corrected chi connectivity index (χ0v) is 13.8. The smallest absolute Gasteiger partial charge is 0.330 e. The first-order valence-corrected chi connectivity index (χ1v) is 8.34. The molecule has 3 aromatic rings. The van der Waals surface area contributed by atoms with Crippen LogP contribution in [0.25, 0.3) is 27.6 Å². The van der Waals surface area contributed by atoms with Gasteiger partial charge in [-0.05, 0) is 30.3 Å². The molecule has 0 bridgehead atoms. The van der Waals surface area contributed by atoms with E-state index in [9.17, 15) is 4.79 Å². The van der Waals surface area contributed by atoms with E-state index < -0.39 is 0 Å². The van der Waals surface area contributed by atoms with Gasteiger partial charge in [0.15, 0.2) is 0 Å². The Bertz CT molecular complexity index is 890. The van der Waals surface area contributed by atoms with Crippen LogP contribution in [0, 0.1) is 0 Å². The number of hydrogen-bond acceptors (Lipinski definition) is 4. The van der Waals surface area contributed by atoms with Crippen molar-refractivity contribution in [2.45, 2.75) is 0 Å². The van der Waals surface area contributed by atoms with Crippen molar-refractivity contribution in [3.8, 4) is 33.1 Å². The maximum Gasteiger partial charge on any atom is 0.330 e. The van der Waals surface area contributed by atoms with Gasteiger partial charge < -0.3 is 9.47 Å². The maximum atomic E-state index is 11.4. The van der Waals surface area contributed by atoms with E-state index in [0.29, 0.717) is 0 Å². The molecule has 0 unspecified atom stereocenters. The minimum Gasteiger partial charge on any atom is -0.466 e. The largest absolute Gasteiger partial charge is 0.466 e. The lowest BCUT2D eigenvalue weighted by Crippen LogP contribution is -1.92. The molecule has 0 N–H and O–H groups in total. The van der Waals surface area contributed by atoms with Crippen molar-refractivity contribution in [1.82, 2.24) is 0 Å². The van der Waals surface area contributed by atoms with Crippen LogP contribution in [0.3, 0.4) is 0 Å². The molecular weight excluding hydrogens is 320 g/mol. The van der Waals surface area contributed by atoms with Crippen molar-refractivity contribution in [1.29, 1.82) is 0 Å². The fraction of sp³-hybridized carbons (Fsp3) is 0.0500. The summed E-state index contributed by atoms with van der Waals surface area (Å²) in [5.41, 5.74) is 3.23. The van der Waals surface area contributed by atoms with Crippen LogP contribution in [0.2, 0.25) is 0 Å². The number of carbonyl (C=O) groups is 1. The second-order valence-electron chi connectivity index (χ2n) is 5.34. The van der Waals surface area contributed by atoms with Gasteiger partial charge in [0.05, 0.1) is 7.11 Å². The second-order valence-corrected chi connectivity index (χ2v) is 6.43. The maximum absolute atomic E-state index is 11.4. The number of rotatable bonds is 2. The summed E-state index contributed by atoms with van der Waals surface area (Å²) in [6.07, 6.45) is 3.23. The SMILES string of the molecule is COC(=O)C=Cc1cc2c(s1)-c1ccccc1Oc1ccccc1-2. The molecule has 2 aromatic carbocycles. The van der Waals surface area contributed by atoms with E-state index in [1.54, 1.807) is 17.4 Å². The summed E-state index contributed by atoms with van der Waals surface area (Å²) in [6, 6.07) is 18.1. The number of carbonyl (C=O) groups excluding carboxylic acids is 1. The summed E-state index contributed by atoms with van der Waals surface area (Å²) in [5.74, 6) is 1.32. The van der Waals surface area contributed by atoms with E-state index in [0.717, 1.165) is 37.9 Å². The van der Waals surface area contributed by atoms with Crippen molar-refractivity contribution in [3.05, 3.63) is 65.6 Å². The van der Waals surface area contributed by atoms with E-state index in [4.69, 9.17) is 4.74 Å². The Balaban J connectivity index is 1.91. The molecule has 3 nitrogen and oxygen atoms in total. The molecule has 0 atom stereocenters. The fourth-order valence-electron chi connectivity index (χ4n) is 2.75. The van der Waals surface area contributed by atoms with Crippen LogP contribution in [0.5, 0.6) is 11.5 Å². The molecule has 4 heteroatoms. The summed E-state index contributed by atoms with van der Waals surface area (Å²) in [6.45, 7) is 0. The summed E-state index contributed by atoms with van der Waals surface area (Å²) in [5, 5.41) is 0. The van der Waals surface area contributed by atoms with Gasteiger partial charge in [0.2, 0.25) is 0 Å². The van der Waals surface area contributed by atoms with Crippen LogP contribution < -0.4 is 4.74 Å². The van der Waals surface area contributed by atoms with Crippen LogP contribution in [-0.2, 0) is 9.53 Å². The van der Waals surface area contributed by atoms with Crippen molar-refractivity contribution < 1.29 is 14.3 Å². The topological polar surface area (TPSA) is 35.5 Å². The summed E-state index contributed by atoms with van der Waals surface area (Å²) >= 11 is 1.63. The number of para-hydroxylation sites is 2. The van der Waals surface area contributed by atoms with Crippen LogP contribution in [-0.4, -0.2) is 13.1 Å². The van der Waals surface area contributed by atoms with Crippen LogP contribution >= 0.6 is 11.3 Å². The third-order valence-corrected chi connectivity index (χ3v) is 5.00. The first kappa shape index (κ1) is 14.7. The molecule has 1 aromatic heterocycles. The minimum absolute atomic E-state index is 0.359. The van der Waals surface area contributed by atoms with Crippen LogP contribution in [0.15, 0.2) is 60.7 Å². The molecule has 0 radical (unpaired) electrons. The molecule has 1 aliphatic rings. The van der Waals surface area contributed by atoms with Gasteiger partial charge in [0.1, 0.15) is 11.5 Å². The molecule has 0 amide bonds. The molecule has 2 heterocycles. The van der Waals surface area contributed by atoms with E-state index in [-0.39, 0.29) is 5.97 Å². The average molecular weight is 334 g/mol. The Morgan fingerprint density at radius 1 is 1.00 bits per heavy atom. The summed E-state index contributed by atoms with van der Waals surface area (Å²) in [4.78, 5) is 13.5. The molecule has 0 fully saturated rings. The van der Waals surface area contributed by atoms with Gasteiger partial charge in [-0.2, -0.15) is 0 Å². The summed E-state index contributed by atoms with van der Waals surface area (Å²) in [7, 11) is 1.38. The van der Waals surface area contributed by atoms with Gasteiger partial charge >= 0.3 is 5.97 Å². The van der Waals surface area contributed by atoms with Gasteiger partial charge in [0, 0.05) is 32.5 Å². The van der Waals surface area contributed by atoms with E-state index in [1.165, 1.54) is 13.2 Å². The lowest BCUT2D eigenvalue weighted by molar-refractivity contribution is -0.134. The number of methoxy groups -OCH3 is 1. The quantitative estimate of drug-likeness (QED) is 0.365. The molecule has 0 aliphatic carbocycles. The van der Waals surface area contributed by atoms with Crippen LogP contribution in [0.4, 0.5) is 0 Å². The third kappa shape index (κ3) is 2.51. The number of esters is 1. The highest BCUT2D eigenvalue weighted by Gasteiger charge is 2.22. The average Bonchev–Trinajstić information content (AvgIpc) is 2.99. The normalized spacial score (nSPS) is 11.9. The molecule has 4 rings (SSSR count). The Morgan fingerprint density at radius 3 is 2.42 bits per heavy atom. The Morgan fingerprint density at radius 2 is 1.67 bits per heavy atom. The molecule has 118 valence electrons. The lowest BCUT2D eigenvalue weighted by Gasteiger charge is -2.08. The van der Waals surface area contributed by atoms with Gasteiger partial charge in [0.25, 0.3) is 0 Å². The van der Waals surface area contributed by atoms with Gasteiger partial charge in [-0.25, -0.2) is 4.79 Å². The highest BCUT2D eigenvalue weighted by atomic mass is 32.1. The summed E-state index contributed by atoms with van der Waals surface area (Å²) < 4.78 is 10.8. The van der Waals surface area contributed by atoms with Crippen molar-refractivity contribution in [3.63, 3.8) is 0 Å². The molecule has 1 aliphatic heterocycles. The van der Waals surface area contributed by atoms with Crippen LogP contribution in [0.1, 0.15) is 4.88 Å². The predicted molar refractivity (Wildman–Crippen MR) is 96.3 cm³/mol. The zero-order valence-electron chi connectivity index (χ0n) is 13.0. The van der Waals surface area contributed by atoms with Crippen molar-refractivity contribution >= 4 is 23.4 Å². The highest BCUT2D eigenvalue weighted by molar-refractivity contribution is 7.17. The highest BCUT2D eigenvalue weighted by Crippen LogP contribution is 2.50. The Labute approximate surface area is 143 Å². The van der Waals surface area contributed by atoms with Gasteiger partial charge in [-0.3, -0.25) is 0 Å². The Hall–Kier alpha value is -2.85. The second kappa shape index (κ2) is 5.98. The monoisotopic (exact) mass is 334 g/mol. The van der Waals surface area contributed by atoms with E-state index >= 15 is 0 Å². The zero-order chi connectivity index (χ0) is 16.5. The number of thiophene rings is 1. The van der Waals surface area contributed by atoms with Crippen molar-refractivity contribution in [2.75, 3.05) is 7.11 Å². The molecular formula is C20H14O3S. The number of ether oxygens (including phenoxy) is 2. The predicted octanol–water partition coefficient (Wildman–Crippen LogP) is 5.37. The van der Waals surface area contributed by atoms with Crippen molar-refractivity contribution in [2.24, 2.45) is 0 Å². The third-order valence-electron chi connectivity index (χ3n) is 3.86. The minimum atomic E-state index is -0.359. The van der Waals surface area contributed by atoms with Gasteiger partial charge in [-0.1, -0.05) is 30.3 Å². The Kier molecular flexibility index (Phi) is 3.67. The van der Waals surface area contributed by atoms with E-state index in [1.807, 2.05) is 36.4 Å². The van der Waals surface area contributed by atoms with E-state index in [2.05, 4.69) is 22.9 Å². The number of benzene rings is 2. The molecule has 0 spiro atoms.